The van der Waals surface area contributed by atoms with Crippen molar-refractivity contribution in [3.63, 3.8) is 0 Å². The van der Waals surface area contributed by atoms with Gasteiger partial charge in [-0.05, 0) is 57.0 Å². The maximum atomic E-state index is 6.21. The standard InChI is InChI=1S/C13H25NO/c1-10-3-4-13(9-11(10)2)15-12-5-7-14-8-6-12/h10-14H,3-9H2,1-2H3. The van der Waals surface area contributed by atoms with E-state index in [1.54, 1.807) is 0 Å². The summed E-state index contributed by atoms with van der Waals surface area (Å²) in [6.45, 7) is 7.04. The quantitative estimate of drug-likeness (QED) is 0.758. The van der Waals surface area contributed by atoms with Crippen LogP contribution in [0.15, 0.2) is 0 Å². The van der Waals surface area contributed by atoms with Crippen molar-refractivity contribution in [2.45, 2.75) is 58.2 Å². The normalized spacial score (nSPS) is 39.2. The van der Waals surface area contributed by atoms with Crippen LogP contribution < -0.4 is 5.32 Å². The SMILES string of the molecule is CC1CCC(OC2CCNCC2)CC1C. The predicted octanol–water partition coefficient (Wildman–Crippen LogP) is 2.58. The number of nitrogens with one attached hydrogen (secondary N) is 1. The largest absolute Gasteiger partial charge is 0.375 e. The van der Waals surface area contributed by atoms with Gasteiger partial charge in [0.05, 0.1) is 12.2 Å². The van der Waals surface area contributed by atoms with Crippen molar-refractivity contribution in [2.24, 2.45) is 11.8 Å². The Labute approximate surface area is 93.8 Å². The molecule has 3 unspecified atom stereocenters. The van der Waals surface area contributed by atoms with Crippen LogP contribution in [0, 0.1) is 11.8 Å². The van der Waals surface area contributed by atoms with Crippen molar-refractivity contribution >= 4 is 0 Å². The highest BCUT2D eigenvalue weighted by Crippen LogP contribution is 2.32. The van der Waals surface area contributed by atoms with E-state index in [4.69, 9.17) is 4.74 Å². The average molecular weight is 211 g/mol. The molecule has 3 atom stereocenters. The molecule has 0 bridgehead atoms. The van der Waals surface area contributed by atoms with Gasteiger partial charge in [-0.1, -0.05) is 13.8 Å². The van der Waals surface area contributed by atoms with Gasteiger partial charge < -0.3 is 10.1 Å². The molecule has 1 aliphatic heterocycles. The molecule has 0 aromatic rings. The van der Waals surface area contributed by atoms with E-state index in [9.17, 15) is 0 Å². The average Bonchev–Trinajstić information content (AvgIpc) is 2.25. The van der Waals surface area contributed by atoms with Crippen LogP contribution in [0.1, 0.15) is 46.0 Å². The minimum atomic E-state index is 0.539. The highest BCUT2D eigenvalue weighted by molar-refractivity contribution is 4.78. The molecule has 88 valence electrons. The molecule has 2 heteroatoms. The van der Waals surface area contributed by atoms with E-state index in [-0.39, 0.29) is 0 Å². The van der Waals surface area contributed by atoms with Crippen molar-refractivity contribution < 1.29 is 4.74 Å². The number of rotatable bonds is 2. The second kappa shape index (κ2) is 5.31. The van der Waals surface area contributed by atoms with Gasteiger partial charge in [-0.15, -0.1) is 0 Å². The number of hydrogen-bond acceptors (Lipinski definition) is 2. The van der Waals surface area contributed by atoms with Crippen LogP contribution in [0.25, 0.3) is 0 Å². The van der Waals surface area contributed by atoms with Crippen molar-refractivity contribution in [3.8, 4) is 0 Å². The van der Waals surface area contributed by atoms with E-state index in [0.29, 0.717) is 12.2 Å². The van der Waals surface area contributed by atoms with Gasteiger partial charge in [-0.3, -0.25) is 0 Å². The molecule has 2 nitrogen and oxygen atoms in total. The molecule has 2 rings (SSSR count). The Balaban J connectivity index is 1.74. The summed E-state index contributed by atoms with van der Waals surface area (Å²) in [5, 5.41) is 3.39. The molecule has 0 aromatic carbocycles. The molecule has 1 saturated heterocycles. The van der Waals surface area contributed by atoms with Gasteiger partial charge in [0.15, 0.2) is 0 Å². The molecule has 1 aliphatic carbocycles. The Hall–Kier alpha value is -0.0800. The fourth-order valence-electron chi connectivity index (χ4n) is 2.83. The molecule has 2 aliphatic rings. The molecule has 2 fully saturated rings. The number of piperidine rings is 1. The Kier molecular flexibility index (Phi) is 4.04. The summed E-state index contributed by atoms with van der Waals surface area (Å²) in [5.74, 6) is 1.75. The third kappa shape index (κ3) is 3.18. The summed E-state index contributed by atoms with van der Waals surface area (Å²) in [6.07, 6.45) is 7.44. The molecule has 0 amide bonds. The maximum absolute atomic E-state index is 6.21. The highest BCUT2D eigenvalue weighted by atomic mass is 16.5. The van der Waals surface area contributed by atoms with Crippen molar-refractivity contribution in [2.75, 3.05) is 13.1 Å². The minimum Gasteiger partial charge on any atom is -0.375 e. The highest BCUT2D eigenvalue weighted by Gasteiger charge is 2.27. The summed E-state index contributed by atoms with van der Waals surface area (Å²) in [7, 11) is 0. The first kappa shape index (κ1) is 11.4. The summed E-state index contributed by atoms with van der Waals surface area (Å²) in [5.41, 5.74) is 0. The van der Waals surface area contributed by atoms with Crippen molar-refractivity contribution in [1.29, 1.82) is 0 Å². The molecule has 0 aromatic heterocycles. The van der Waals surface area contributed by atoms with Gasteiger partial charge in [0.2, 0.25) is 0 Å². The topological polar surface area (TPSA) is 21.3 Å². The molecular weight excluding hydrogens is 186 g/mol. The molecule has 0 radical (unpaired) electrons. The Morgan fingerprint density at radius 1 is 0.867 bits per heavy atom. The molecule has 1 heterocycles. The van der Waals surface area contributed by atoms with E-state index in [1.807, 2.05) is 0 Å². The van der Waals surface area contributed by atoms with Crippen LogP contribution in [-0.4, -0.2) is 25.3 Å². The van der Waals surface area contributed by atoms with Crippen molar-refractivity contribution in [3.05, 3.63) is 0 Å². The van der Waals surface area contributed by atoms with Gasteiger partial charge in [0.25, 0.3) is 0 Å². The van der Waals surface area contributed by atoms with E-state index in [2.05, 4.69) is 19.2 Å². The zero-order valence-corrected chi connectivity index (χ0v) is 10.2. The van der Waals surface area contributed by atoms with E-state index in [0.717, 1.165) is 24.9 Å². The van der Waals surface area contributed by atoms with Crippen LogP contribution >= 0.6 is 0 Å². The minimum absolute atomic E-state index is 0.539. The van der Waals surface area contributed by atoms with Crippen LogP contribution in [-0.2, 0) is 4.74 Å². The van der Waals surface area contributed by atoms with Crippen LogP contribution in [0.2, 0.25) is 0 Å². The van der Waals surface area contributed by atoms with Gasteiger partial charge in [-0.2, -0.15) is 0 Å². The lowest BCUT2D eigenvalue weighted by molar-refractivity contribution is -0.0575. The lowest BCUT2D eigenvalue weighted by atomic mass is 9.80. The molecule has 1 N–H and O–H groups in total. The first-order chi connectivity index (χ1) is 7.25. The van der Waals surface area contributed by atoms with Gasteiger partial charge >= 0.3 is 0 Å². The third-order valence-electron chi connectivity index (χ3n) is 4.22. The monoisotopic (exact) mass is 211 g/mol. The molecule has 1 saturated carbocycles. The zero-order chi connectivity index (χ0) is 10.7. The van der Waals surface area contributed by atoms with Crippen LogP contribution in [0.4, 0.5) is 0 Å². The summed E-state index contributed by atoms with van der Waals surface area (Å²) < 4.78 is 6.21. The van der Waals surface area contributed by atoms with E-state index < -0.39 is 0 Å². The molecule has 0 spiro atoms. The second-order valence-electron chi connectivity index (χ2n) is 5.48. The lowest BCUT2D eigenvalue weighted by Crippen LogP contribution is -2.37. The summed E-state index contributed by atoms with van der Waals surface area (Å²) in [6, 6.07) is 0. The predicted molar refractivity (Wildman–Crippen MR) is 62.9 cm³/mol. The maximum Gasteiger partial charge on any atom is 0.0603 e. The molecule has 15 heavy (non-hydrogen) atoms. The number of hydrogen-bond donors (Lipinski definition) is 1. The lowest BCUT2D eigenvalue weighted by Gasteiger charge is -2.35. The first-order valence-corrected chi connectivity index (χ1v) is 6.62. The van der Waals surface area contributed by atoms with Gasteiger partial charge in [0.1, 0.15) is 0 Å². The Morgan fingerprint density at radius 2 is 1.60 bits per heavy atom. The molecular formula is C13H25NO. The third-order valence-corrected chi connectivity index (χ3v) is 4.22. The number of ether oxygens (including phenoxy) is 1. The Morgan fingerprint density at radius 3 is 2.27 bits per heavy atom. The summed E-state index contributed by atoms with van der Waals surface area (Å²) >= 11 is 0. The fraction of sp³-hybridized carbons (Fsp3) is 1.00. The summed E-state index contributed by atoms with van der Waals surface area (Å²) in [4.78, 5) is 0. The first-order valence-electron chi connectivity index (χ1n) is 6.62. The van der Waals surface area contributed by atoms with Gasteiger partial charge in [-0.25, -0.2) is 0 Å². The van der Waals surface area contributed by atoms with Gasteiger partial charge in [0, 0.05) is 0 Å². The Bertz CT molecular complexity index is 189. The van der Waals surface area contributed by atoms with E-state index in [1.165, 1.54) is 32.1 Å². The zero-order valence-electron chi connectivity index (χ0n) is 10.2. The second-order valence-corrected chi connectivity index (χ2v) is 5.48. The van der Waals surface area contributed by atoms with Crippen LogP contribution in [0.3, 0.4) is 0 Å². The van der Waals surface area contributed by atoms with Crippen LogP contribution in [0.5, 0.6) is 0 Å². The fourth-order valence-corrected chi connectivity index (χ4v) is 2.83. The smallest absolute Gasteiger partial charge is 0.0603 e. The van der Waals surface area contributed by atoms with E-state index >= 15 is 0 Å². The van der Waals surface area contributed by atoms with Crippen molar-refractivity contribution in [1.82, 2.24) is 5.32 Å².